The maximum absolute atomic E-state index is 5.83. The quantitative estimate of drug-likeness (QED) is 0.307. The van der Waals surface area contributed by atoms with Crippen LogP contribution in [0.1, 0.15) is 51.0 Å². The zero-order chi connectivity index (χ0) is 23.3. The second-order valence-corrected chi connectivity index (χ2v) is 8.19. The van der Waals surface area contributed by atoms with E-state index in [1.807, 2.05) is 13.1 Å². The van der Waals surface area contributed by atoms with Gasteiger partial charge in [-0.05, 0) is 62.4 Å². The highest BCUT2D eigenvalue weighted by molar-refractivity contribution is 6.21. The highest BCUT2D eigenvalue weighted by Crippen LogP contribution is 2.30. The summed E-state index contributed by atoms with van der Waals surface area (Å²) in [5, 5.41) is 7.38. The summed E-state index contributed by atoms with van der Waals surface area (Å²) in [7, 11) is 3.54. The Morgan fingerprint density at radius 3 is 2.41 bits per heavy atom. The van der Waals surface area contributed by atoms with Crippen LogP contribution in [0.4, 0.5) is 0 Å². The molecule has 0 amide bonds. The predicted molar refractivity (Wildman–Crippen MR) is 132 cm³/mol. The molecule has 0 radical (unpaired) electrons. The molecule has 1 unspecified atom stereocenters. The van der Waals surface area contributed by atoms with Gasteiger partial charge in [-0.25, -0.2) is 0 Å². The highest BCUT2D eigenvalue weighted by Gasteiger charge is 2.24. The maximum atomic E-state index is 5.83. The van der Waals surface area contributed by atoms with E-state index in [9.17, 15) is 0 Å². The second kappa shape index (κ2) is 10.2. The lowest BCUT2D eigenvalue weighted by Gasteiger charge is -2.16. The summed E-state index contributed by atoms with van der Waals surface area (Å²) >= 11 is 0. The maximum Gasteiger partial charge on any atom is 0.234 e. The standard InChI is InChI=1S/C27H32N4O/c1-8-9-23(25(28-6)29-7)26-30-27(32-31-26)24(22-13-17(2)12-18(3)14-22)16-21-11-10-19(4)20(5)15-21/h8-15,24H,1,16H2,2-7H3,(H,28,29)/b23-9+. The number of nitrogens with zero attached hydrogens (tertiary/aromatic N) is 3. The Kier molecular flexibility index (Phi) is 7.41. The molecular weight excluding hydrogens is 396 g/mol. The Morgan fingerprint density at radius 1 is 1.09 bits per heavy atom. The summed E-state index contributed by atoms with van der Waals surface area (Å²) in [5.41, 5.74) is 8.15. The molecule has 1 aromatic heterocycles. The van der Waals surface area contributed by atoms with E-state index in [0.29, 0.717) is 17.6 Å². The van der Waals surface area contributed by atoms with Crippen LogP contribution in [0.25, 0.3) is 5.57 Å². The fourth-order valence-corrected chi connectivity index (χ4v) is 3.96. The molecule has 0 fully saturated rings. The predicted octanol–water partition coefficient (Wildman–Crippen LogP) is 5.49. The number of allylic oxidation sites excluding steroid dienone is 2. The minimum absolute atomic E-state index is 0.0569. The van der Waals surface area contributed by atoms with Crippen LogP contribution in [0.2, 0.25) is 0 Å². The first-order valence-corrected chi connectivity index (χ1v) is 10.8. The van der Waals surface area contributed by atoms with E-state index >= 15 is 0 Å². The van der Waals surface area contributed by atoms with Crippen LogP contribution in [0.3, 0.4) is 0 Å². The molecule has 1 atom stereocenters. The Bertz CT molecular complexity index is 1150. The fraction of sp³-hybridized carbons (Fsp3) is 0.296. The number of benzene rings is 2. The zero-order valence-electron chi connectivity index (χ0n) is 19.9. The van der Waals surface area contributed by atoms with Crippen molar-refractivity contribution in [2.24, 2.45) is 4.99 Å². The van der Waals surface area contributed by atoms with E-state index in [1.165, 1.54) is 33.4 Å². The van der Waals surface area contributed by atoms with E-state index in [4.69, 9.17) is 9.51 Å². The van der Waals surface area contributed by atoms with Gasteiger partial charge >= 0.3 is 0 Å². The van der Waals surface area contributed by atoms with Gasteiger partial charge in [-0.15, -0.1) is 0 Å². The molecule has 3 aromatic rings. The largest absolute Gasteiger partial charge is 0.373 e. The summed E-state index contributed by atoms with van der Waals surface area (Å²) in [4.78, 5) is 9.09. The zero-order valence-corrected chi connectivity index (χ0v) is 19.9. The topological polar surface area (TPSA) is 63.3 Å². The first-order valence-electron chi connectivity index (χ1n) is 10.8. The van der Waals surface area contributed by atoms with Crippen molar-refractivity contribution in [2.45, 2.75) is 40.0 Å². The lowest BCUT2D eigenvalue weighted by Crippen LogP contribution is -2.20. The first-order chi connectivity index (χ1) is 15.4. The van der Waals surface area contributed by atoms with Gasteiger partial charge in [0.15, 0.2) is 0 Å². The van der Waals surface area contributed by atoms with E-state index in [0.717, 1.165) is 12.0 Å². The van der Waals surface area contributed by atoms with Crippen molar-refractivity contribution in [3.63, 3.8) is 0 Å². The smallest absolute Gasteiger partial charge is 0.234 e. The average molecular weight is 429 g/mol. The van der Waals surface area contributed by atoms with Gasteiger partial charge in [-0.1, -0.05) is 65.3 Å². The number of nitrogens with one attached hydrogen (secondary N) is 1. The van der Waals surface area contributed by atoms with Crippen molar-refractivity contribution in [3.8, 4) is 0 Å². The number of hydrogen-bond acceptors (Lipinski definition) is 4. The van der Waals surface area contributed by atoms with Gasteiger partial charge in [-0.2, -0.15) is 4.98 Å². The number of rotatable bonds is 7. The second-order valence-electron chi connectivity index (χ2n) is 8.19. The van der Waals surface area contributed by atoms with E-state index < -0.39 is 0 Å². The van der Waals surface area contributed by atoms with Crippen LogP contribution in [-0.4, -0.2) is 30.1 Å². The van der Waals surface area contributed by atoms with Crippen molar-refractivity contribution in [1.82, 2.24) is 15.5 Å². The molecule has 3 rings (SSSR count). The molecule has 0 spiro atoms. The Labute approximate surface area is 191 Å². The van der Waals surface area contributed by atoms with Crippen LogP contribution in [0, 0.1) is 27.7 Å². The van der Waals surface area contributed by atoms with E-state index in [-0.39, 0.29) is 5.92 Å². The van der Waals surface area contributed by atoms with Crippen LogP contribution in [0.5, 0.6) is 0 Å². The van der Waals surface area contributed by atoms with Crippen molar-refractivity contribution >= 4 is 11.4 Å². The van der Waals surface area contributed by atoms with Gasteiger partial charge in [0.25, 0.3) is 0 Å². The summed E-state index contributed by atoms with van der Waals surface area (Å²) in [6.45, 7) is 12.3. The average Bonchev–Trinajstić information content (AvgIpc) is 3.23. The molecule has 0 aliphatic carbocycles. The van der Waals surface area contributed by atoms with Crippen molar-refractivity contribution in [1.29, 1.82) is 0 Å². The van der Waals surface area contributed by atoms with Crippen molar-refractivity contribution in [3.05, 3.63) is 100 Å². The third-order valence-electron chi connectivity index (χ3n) is 5.64. The fourth-order valence-electron chi connectivity index (χ4n) is 3.96. The first kappa shape index (κ1) is 23.2. The normalized spacial score (nSPS) is 13.2. The Hall–Kier alpha value is -3.47. The molecule has 1 N–H and O–H groups in total. The number of aryl methyl sites for hydroxylation is 4. The molecule has 5 heteroatoms. The van der Waals surface area contributed by atoms with Gasteiger partial charge in [-0.3, -0.25) is 4.99 Å². The molecule has 5 nitrogen and oxygen atoms in total. The number of likely N-dealkylation sites (N-methyl/N-ethyl adjacent to an activating group) is 1. The molecule has 0 saturated heterocycles. The molecule has 2 aromatic carbocycles. The van der Waals surface area contributed by atoms with Gasteiger partial charge < -0.3 is 9.84 Å². The third-order valence-corrected chi connectivity index (χ3v) is 5.64. The van der Waals surface area contributed by atoms with Gasteiger partial charge in [0, 0.05) is 14.1 Å². The molecule has 0 aliphatic heterocycles. The van der Waals surface area contributed by atoms with E-state index in [1.54, 1.807) is 13.1 Å². The van der Waals surface area contributed by atoms with Crippen LogP contribution in [-0.2, 0) is 6.42 Å². The lowest BCUT2D eigenvalue weighted by atomic mass is 9.89. The molecular formula is C27H32N4O. The molecule has 166 valence electrons. The molecule has 0 aliphatic rings. The van der Waals surface area contributed by atoms with Crippen molar-refractivity contribution < 1.29 is 4.52 Å². The van der Waals surface area contributed by atoms with Gasteiger partial charge in [0.2, 0.25) is 11.7 Å². The highest BCUT2D eigenvalue weighted by atomic mass is 16.5. The number of hydrogen-bond donors (Lipinski definition) is 1. The monoisotopic (exact) mass is 428 g/mol. The number of aromatic nitrogens is 2. The molecule has 0 bridgehead atoms. The molecule has 1 heterocycles. The van der Waals surface area contributed by atoms with Crippen LogP contribution < -0.4 is 5.32 Å². The number of amidine groups is 1. The summed E-state index contributed by atoms with van der Waals surface area (Å²) in [6, 6.07) is 13.2. The van der Waals surface area contributed by atoms with Crippen LogP contribution in [0.15, 0.2) is 64.6 Å². The van der Waals surface area contributed by atoms with Crippen LogP contribution >= 0.6 is 0 Å². The van der Waals surface area contributed by atoms with E-state index in [2.05, 4.69) is 86.1 Å². The Balaban J connectivity index is 2.08. The summed E-state index contributed by atoms with van der Waals surface area (Å²) in [5.74, 6) is 1.70. The lowest BCUT2D eigenvalue weighted by molar-refractivity contribution is 0.363. The van der Waals surface area contributed by atoms with Gasteiger partial charge in [0.05, 0.1) is 11.5 Å². The third kappa shape index (κ3) is 5.22. The molecule has 32 heavy (non-hydrogen) atoms. The van der Waals surface area contributed by atoms with Crippen molar-refractivity contribution in [2.75, 3.05) is 14.1 Å². The molecule has 0 saturated carbocycles. The summed E-state index contributed by atoms with van der Waals surface area (Å²) < 4.78 is 5.83. The minimum Gasteiger partial charge on any atom is -0.373 e. The number of aliphatic imine (C=N–C) groups is 1. The van der Waals surface area contributed by atoms with Gasteiger partial charge in [0.1, 0.15) is 5.84 Å². The SMILES string of the molecule is C=C/C=C(\C(=N/C)NC)c1noc(C(Cc2ccc(C)c(C)c2)c2cc(C)cc(C)c2)n1. The Morgan fingerprint density at radius 2 is 1.81 bits per heavy atom. The summed E-state index contributed by atoms with van der Waals surface area (Å²) in [6.07, 6.45) is 4.31. The minimum atomic E-state index is -0.0569.